The Morgan fingerprint density at radius 3 is 2.91 bits per heavy atom. The summed E-state index contributed by atoms with van der Waals surface area (Å²) in [5.41, 5.74) is 0.803. The highest BCUT2D eigenvalue weighted by atomic mass is 32.2. The van der Waals surface area contributed by atoms with Gasteiger partial charge in [-0.2, -0.15) is 4.98 Å². The molecule has 3 rings (SSSR count). The number of benzene rings is 1. The normalized spacial score (nSPS) is 21.0. The van der Waals surface area contributed by atoms with Gasteiger partial charge in [0.05, 0.1) is 4.75 Å². The third-order valence-electron chi connectivity index (χ3n) is 3.67. The van der Waals surface area contributed by atoms with E-state index in [4.69, 9.17) is 4.52 Å². The van der Waals surface area contributed by atoms with E-state index in [-0.39, 0.29) is 22.9 Å². The number of hydrogen-bond acceptors (Lipinski definition) is 5. The van der Waals surface area contributed by atoms with Crippen LogP contribution in [0.4, 0.5) is 4.39 Å². The van der Waals surface area contributed by atoms with Gasteiger partial charge in [0.25, 0.3) is 11.7 Å². The van der Waals surface area contributed by atoms with Crippen LogP contribution in [0.1, 0.15) is 41.8 Å². The average Bonchev–Trinajstić information content (AvgIpc) is 3.16. The van der Waals surface area contributed by atoms with Gasteiger partial charge in [0.2, 0.25) is 5.89 Å². The molecule has 1 saturated heterocycles. The summed E-state index contributed by atoms with van der Waals surface area (Å²) < 4.78 is 17.9. The molecule has 1 fully saturated rings. The van der Waals surface area contributed by atoms with Crippen molar-refractivity contribution in [2.75, 3.05) is 5.75 Å². The summed E-state index contributed by atoms with van der Waals surface area (Å²) in [4.78, 5) is 16.3. The predicted octanol–water partition coefficient (Wildman–Crippen LogP) is 2.88. The first kappa shape index (κ1) is 15.0. The summed E-state index contributed by atoms with van der Waals surface area (Å²) in [6.45, 7) is 2.34. The van der Waals surface area contributed by atoms with Crippen molar-refractivity contribution in [3.05, 3.63) is 47.4 Å². The van der Waals surface area contributed by atoms with Gasteiger partial charge in [0.1, 0.15) is 5.82 Å². The topological polar surface area (TPSA) is 68.0 Å². The highest BCUT2D eigenvalue weighted by Crippen LogP contribution is 2.45. The minimum absolute atomic E-state index is 0.0332. The minimum Gasteiger partial charge on any atom is -0.345 e. The van der Waals surface area contributed by atoms with E-state index in [0.29, 0.717) is 5.89 Å². The molecule has 1 aromatic heterocycles. The molecule has 1 N–H and O–H groups in total. The highest BCUT2D eigenvalue weighted by molar-refractivity contribution is 8.00. The van der Waals surface area contributed by atoms with Gasteiger partial charge in [0, 0.05) is 6.54 Å². The van der Waals surface area contributed by atoms with Crippen molar-refractivity contribution in [3.8, 4) is 0 Å². The molecule has 0 saturated carbocycles. The lowest BCUT2D eigenvalue weighted by Crippen LogP contribution is -2.24. The number of aromatic nitrogens is 2. The number of halogens is 1. The molecule has 1 unspecified atom stereocenters. The molecule has 0 bridgehead atoms. The van der Waals surface area contributed by atoms with Crippen molar-refractivity contribution >= 4 is 17.7 Å². The number of thioether (sulfide) groups is 1. The largest absolute Gasteiger partial charge is 0.345 e. The SMILES string of the molecule is CC1(c2nc(C(=O)NCc3ccc(F)cc3)no2)CCCS1. The number of amides is 1. The van der Waals surface area contributed by atoms with Gasteiger partial charge in [-0.15, -0.1) is 11.8 Å². The molecular weight excluding hydrogens is 305 g/mol. The van der Waals surface area contributed by atoms with Crippen LogP contribution in [-0.4, -0.2) is 21.8 Å². The second kappa shape index (κ2) is 6.08. The highest BCUT2D eigenvalue weighted by Gasteiger charge is 2.37. The zero-order valence-electron chi connectivity index (χ0n) is 12.1. The van der Waals surface area contributed by atoms with Crippen LogP contribution in [0.15, 0.2) is 28.8 Å². The van der Waals surface area contributed by atoms with Gasteiger partial charge in [-0.1, -0.05) is 17.3 Å². The molecular formula is C15H16FN3O2S. The molecule has 7 heteroatoms. The molecule has 2 aromatic rings. The molecule has 116 valence electrons. The van der Waals surface area contributed by atoms with Gasteiger partial charge >= 0.3 is 0 Å². The molecule has 0 aliphatic carbocycles. The number of carbonyl (C=O) groups excluding carboxylic acids is 1. The van der Waals surface area contributed by atoms with Gasteiger partial charge < -0.3 is 9.84 Å². The van der Waals surface area contributed by atoms with E-state index in [9.17, 15) is 9.18 Å². The fraction of sp³-hybridized carbons (Fsp3) is 0.400. The van der Waals surface area contributed by atoms with E-state index >= 15 is 0 Å². The van der Waals surface area contributed by atoms with E-state index in [1.165, 1.54) is 12.1 Å². The molecule has 1 aliphatic rings. The first-order chi connectivity index (χ1) is 10.6. The summed E-state index contributed by atoms with van der Waals surface area (Å²) in [6, 6.07) is 5.94. The second-order valence-corrected chi connectivity index (χ2v) is 7.01. The van der Waals surface area contributed by atoms with E-state index in [1.54, 1.807) is 23.9 Å². The fourth-order valence-corrected chi connectivity index (χ4v) is 3.58. The number of rotatable bonds is 4. The smallest absolute Gasteiger partial charge is 0.292 e. The summed E-state index contributed by atoms with van der Waals surface area (Å²) in [6.07, 6.45) is 2.08. The molecule has 1 atom stereocenters. The molecule has 2 heterocycles. The van der Waals surface area contributed by atoms with Crippen molar-refractivity contribution in [1.29, 1.82) is 0 Å². The summed E-state index contributed by atoms with van der Waals surface area (Å²) in [5, 5.41) is 6.46. The maximum absolute atomic E-state index is 12.8. The molecule has 5 nitrogen and oxygen atoms in total. The number of nitrogens with zero attached hydrogens (tertiary/aromatic N) is 2. The van der Waals surface area contributed by atoms with Gasteiger partial charge in [-0.25, -0.2) is 4.39 Å². The molecule has 0 spiro atoms. The van der Waals surface area contributed by atoms with Gasteiger partial charge in [-0.3, -0.25) is 4.79 Å². The van der Waals surface area contributed by atoms with Crippen molar-refractivity contribution in [2.45, 2.75) is 31.1 Å². The van der Waals surface area contributed by atoms with Gasteiger partial charge in [-0.05, 0) is 43.2 Å². The summed E-state index contributed by atoms with van der Waals surface area (Å²) in [5.74, 6) is 0.893. The third-order valence-corrected chi connectivity index (χ3v) is 5.18. The van der Waals surface area contributed by atoms with Crippen molar-refractivity contribution < 1.29 is 13.7 Å². The number of carbonyl (C=O) groups is 1. The van der Waals surface area contributed by atoms with Crippen LogP contribution in [0.3, 0.4) is 0 Å². The van der Waals surface area contributed by atoms with Crippen LogP contribution in [-0.2, 0) is 11.3 Å². The van der Waals surface area contributed by atoms with Crippen LogP contribution in [0, 0.1) is 5.82 Å². The van der Waals surface area contributed by atoms with Crippen molar-refractivity contribution in [1.82, 2.24) is 15.5 Å². The van der Waals surface area contributed by atoms with Crippen molar-refractivity contribution in [2.24, 2.45) is 0 Å². The van der Waals surface area contributed by atoms with Gasteiger partial charge in [0.15, 0.2) is 0 Å². The lowest BCUT2D eigenvalue weighted by Gasteiger charge is -2.15. The molecule has 1 amide bonds. The maximum atomic E-state index is 12.8. The van der Waals surface area contributed by atoms with E-state index in [0.717, 1.165) is 24.2 Å². The Hall–Kier alpha value is -1.89. The molecule has 1 aromatic carbocycles. The molecule has 1 aliphatic heterocycles. The first-order valence-electron chi connectivity index (χ1n) is 7.08. The Morgan fingerprint density at radius 1 is 1.45 bits per heavy atom. The lowest BCUT2D eigenvalue weighted by molar-refractivity contribution is 0.0937. The Morgan fingerprint density at radius 2 is 2.23 bits per heavy atom. The second-order valence-electron chi connectivity index (χ2n) is 5.42. The Bertz CT molecular complexity index is 666. The van der Waals surface area contributed by atoms with Crippen molar-refractivity contribution in [3.63, 3.8) is 0 Å². The monoisotopic (exact) mass is 321 g/mol. The predicted molar refractivity (Wildman–Crippen MR) is 80.9 cm³/mol. The Kier molecular flexibility index (Phi) is 4.15. The summed E-state index contributed by atoms with van der Waals surface area (Å²) in [7, 11) is 0. The zero-order valence-corrected chi connectivity index (χ0v) is 13.0. The lowest BCUT2D eigenvalue weighted by atomic mass is 10.1. The average molecular weight is 321 g/mol. The minimum atomic E-state index is -0.397. The fourth-order valence-electron chi connectivity index (χ4n) is 2.34. The Labute approximate surface area is 131 Å². The number of nitrogens with one attached hydrogen (secondary N) is 1. The quantitative estimate of drug-likeness (QED) is 0.938. The maximum Gasteiger partial charge on any atom is 0.292 e. The standard InChI is InChI=1S/C15H16FN3O2S/c1-15(7-2-8-22-15)14-18-12(19-21-14)13(20)17-9-10-3-5-11(16)6-4-10/h3-6H,2,7-9H2,1H3,(H,17,20). The Balaban J connectivity index is 1.63. The number of hydrogen-bond donors (Lipinski definition) is 1. The van der Waals surface area contributed by atoms with Crippen LogP contribution in [0.5, 0.6) is 0 Å². The van der Waals surface area contributed by atoms with Crippen LogP contribution >= 0.6 is 11.8 Å². The molecule has 0 radical (unpaired) electrons. The molecule has 22 heavy (non-hydrogen) atoms. The first-order valence-corrected chi connectivity index (χ1v) is 8.06. The van der Waals surface area contributed by atoms with E-state index in [2.05, 4.69) is 22.4 Å². The zero-order chi connectivity index (χ0) is 15.6. The van der Waals surface area contributed by atoms with E-state index < -0.39 is 5.91 Å². The third kappa shape index (κ3) is 3.14. The van der Waals surface area contributed by atoms with Crippen LogP contribution < -0.4 is 5.32 Å². The summed E-state index contributed by atoms with van der Waals surface area (Å²) >= 11 is 1.77. The van der Waals surface area contributed by atoms with Crippen LogP contribution in [0.2, 0.25) is 0 Å². The van der Waals surface area contributed by atoms with E-state index in [1.807, 2.05) is 0 Å². The van der Waals surface area contributed by atoms with Crippen LogP contribution in [0.25, 0.3) is 0 Å².